The van der Waals surface area contributed by atoms with Gasteiger partial charge in [0, 0.05) is 17.8 Å². The summed E-state index contributed by atoms with van der Waals surface area (Å²) < 4.78 is 56.0. The van der Waals surface area contributed by atoms with Crippen LogP contribution in [0.5, 0.6) is 0 Å². The molecule has 1 atom stereocenters. The predicted molar refractivity (Wildman–Crippen MR) is 139 cm³/mol. The maximum absolute atomic E-state index is 14.3. The number of nitrogens with zero attached hydrogens (tertiary/aromatic N) is 1. The SMILES string of the molecule is O=C(O)c1cc(-c2cc3c(cc2Cl)N(c2ccccc2)CC(C2CCCCC2)CS3(=O)=O)cc(F)c1F. The van der Waals surface area contributed by atoms with Crippen molar-refractivity contribution in [1.29, 1.82) is 0 Å². The number of carboxylic acid groups (broad SMARTS) is 1. The van der Waals surface area contributed by atoms with E-state index >= 15 is 0 Å². The van der Waals surface area contributed by atoms with Crippen LogP contribution in [0, 0.1) is 23.5 Å². The van der Waals surface area contributed by atoms with Crippen LogP contribution >= 0.6 is 11.6 Å². The van der Waals surface area contributed by atoms with Gasteiger partial charge in [0.15, 0.2) is 21.5 Å². The molecule has 0 spiro atoms. The highest BCUT2D eigenvalue weighted by Gasteiger charge is 2.37. The Morgan fingerprint density at radius 3 is 2.35 bits per heavy atom. The predicted octanol–water partition coefficient (Wildman–Crippen LogP) is 7.11. The topological polar surface area (TPSA) is 74.7 Å². The summed E-state index contributed by atoms with van der Waals surface area (Å²) in [7, 11) is -3.79. The zero-order valence-corrected chi connectivity index (χ0v) is 21.5. The monoisotopic (exact) mass is 545 g/mol. The number of aromatic carboxylic acids is 1. The molecule has 9 heteroatoms. The van der Waals surface area contributed by atoms with E-state index in [4.69, 9.17) is 11.6 Å². The van der Waals surface area contributed by atoms with Gasteiger partial charge in [-0.1, -0.05) is 61.9 Å². The van der Waals surface area contributed by atoms with Crippen LogP contribution in [0.2, 0.25) is 5.02 Å². The van der Waals surface area contributed by atoms with Crippen molar-refractivity contribution >= 4 is 38.8 Å². The molecular formula is C28H26ClF2NO4S. The van der Waals surface area contributed by atoms with Crippen molar-refractivity contribution in [2.45, 2.75) is 37.0 Å². The van der Waals surface area contributed by atoms with Crippen molar-refractivity contribution in [3.05, 3.63) is 76.8 Å². The van der Waals surface area contributed by atoms with Gasteiger partial charge in [-0.25, -0.2) is 22.0 Å². The molecule has 1 heterocycles. The Morgan fingerprint density at radius 2 is 1.68 bits per heavy atom. The summed E-state index contributed by atoms with van der Waals surface area (Å²) in [6.07, 6.45) is 5.29. The fourth-order valence-electron chi connectivity index (χ4n) is 5.62. The average Bonchev–Trinajstić information content (AvgIpc) is 2.99. The van der Waals surface area contributed by atoms with Crippen molar-refractivity contribution < 1.29 is 27.1 Å². The molecule has 2 aliphatic rings. The molecule has 5 nitrogen and oxygen atoms in total. The number of halogens is 3. The standard InChI is InChI=1S/C28H26ClF2NO4S/c29-23-14-25-26(13-21(23)18-11-22(28(33)34)27(31)24(30)12-18)37(35,36)16-19(17-7-3-1-4-8-17)15-32(25)20-9-5-2-6-10-20/h2,5-6,9-14,17,19H,1,3-4,7-8,15-16H2,(H,33,34). The molecule has 1 aliphatic carbocycles. The van der Waals surface area contributed by atoms with E-state index in [-0.39, 0.29) is 38.6 Å². The van der Waals surface area contributed by atoms with Gasteiger partial charge in [0.05, 0.1) is 26.9 Å². The maximum Gasteiger partial charge on any atom is 0.338 e. The first-order valence-corrected chi connectivity index (χ1v) is 14.3. The van der Waals surface area contributed by atoms with Gasteiger partial charge in [-0.05, 0) is 53.8 Å². The first-order chi connectivity index (χ1) is 17.7. The molecule has 194 valence electrons. The second kappa shape index (κ2) is 10.1. The molecule has 0 saturated heterocycles. The Morgan fingerprint density at radius 1 is 0.973 bits per heavy atom. The molecule has 1 saturated carbocycles. The molecule has 1 unspecified atom stereocenters. The van der Waals surface area contributed by atoms with Crippen LogP contribution in [0.25, 0.3) is 11.1 Å². The summed E-state index contributed by atoms with van der Waals surface area (Å²) in [6, 6.07) is 14.2. The fourth-order valence-corrected chi connectivity index (χ4v) is 7.80. The Kier molecular flexibility index (Phi) is 6.98. The molecule has 3 aromatic rings. The number of benzene rings is 3. The molecule has 0 amide bonds. The third-order valence-electron chi connectivity index (χ3n) is 7.48. The number of carboxylic acids is 1. The quantitative estimate of drug-likeness (QED) is 0.378. The van der Waals surface area contributed by atoms with E-state index in [0.29, 0.717) is 12.2 Å². The van der Waals surface area contributed by atoms with Crippen molar-refractivity contribution in [2.24, 2.45) is 11.8 Å². The number of rotatable bonds is 4. The van der Waals surface area contributed by atoms with Crippen molar-refractivity contribution in [3.8, 4) is 11.1 Å². The van der Waals surface area contributed by atoms with Gasteiger partial charge in [-0.2, -0.15) is 0 Å². The number of hydrogen-bond donors (Lipinski definition) is 1. The normalized spacial score (nSPS) is 19.8. The lowest BCUT2D eigenvalue weighted by atomic mass is 9.80. The first-order valence-electron chi connectivity index (χ1n) is 12.3. The maximum atomic E-state index is 14.3. The van der Waals surface area contributed by atoms with Gasteiger partial charge in [-0.3, -0.25) is 0 Å². The first kappa shape index (κ1) is 25.7. The number of para-hydroxylation sites is 1. The molecular weight excluding hydrogens is 520 g/mol. The van der Waals surface area contributed by atoms with E-state index < -0.39 is 33.0 Å². The van der Waals surface area contributed by atoms with Gasteiger partial charge in [-0.15, -0.1) is 0 Å². The Bertz CT molecular complexity index is 1460. The molecule has 0 aromatic heterocycles. The number of fused-ring (bicyclic) bond motifs is 1. The largest absolute Gasteiger partial charge is 0.478 e. The minimum absolute atomic E-state index is 0.0151. The summed E-state index contributed by atoms with van der Waals surface area (Å²) in [5.41, 5.74) is 0.492. The third kappa shape index (κ3) is 4.97. The van der Waals surface area contributed by atoms with E-state index in [0.717, 1.165) is 49.9 Å². The second-order valence-electron chi connectivity index (χ2n) is 9.81. The van der Waals surface area contributed by atoms with E-state index in [1.807, 2.05) is 35.2 Å². The molecule has 1 N–H and O–H groups in total. The zero-order chi connectivity index (χ0) is 26.3. The van der Waals surface area contributed by atoms with Crippen LogP contribution in [0.1, 0.15) is 42.5 Å². The van der Waals surface area contributed by atoms with Crippen LogP contribution in [-0.2, 0) is 9.84 Å². The molecule has 0 bridgehead atoms. The Balaban J connectivity index is 1.69. The number of carbonyl (C=O) groups is 1. The molecule has 5 rings (SSSR count). The number of anilines is 2. The highest BCUT2D eigenvalue weighted by molar-refractivity contribution is 7.91. The van der Waals surface area contributed by atoms with Crippen LogP contribution in [0.15, 0.2) is 59.5 Å². The highest BCUT2D eigenvalue weighted by Crippen LogP contribution is 2.45. The molecule has 37 heavy (non-hydrogen) atoms. The highest BCUT2D eigenvalue weighted by atomic mass is 35.5. The third-order valence-corrected chi connectivity index (χ3v) is 9.66. The zero-order valence-electron chi connectivity index (χ0n) is 20.0. The van der Waals surface area contributed by atoms with Crippen molar-refractivity contribution in [1.82, 2.24) is 0 Å². The van der Waals surface area contributed by atoms with E-state index in [2.05, 4.69) is 0 Å². The lowest BCUT2D eigenvalue weighted by Crippen LogP contribution is -2.32. The number of hydrogen-bond acceptors (Lipinski definition) is 4. The van der Waals surface area contributed by atoms with Gasteiger partial charge < -0.3 is 10.0 Å². The van der Waals surface area contributed by atoms with Crippen LogP contribution in [-0.4, -0.2) is 31.8 Å². The lowest BCUT2D eigenvalue weighted by Gasteiger charge is -2.33. The molecule has 1 aliphatic heterocycles. The minimum Gasteiger partial charge on any atom is -0.478 e. The summed E-state index contributed by atoms with van der Waals surface area (Å²) in [5, 5.41) is 9.42. The van der Waals surface area contributed by atoms with Crippen LogP contribution < -0.4 is 4.90 Å². The van der Waals surface area contributed by atoms with Crippen LogP contribution in [0.4, 0.5) is 20.2 Å². The Hall–Kier alpha value is -2.97. The molecule has 3 aromatic carbocycles. The average molecular weight is 546 g/mol. The summed E-state index contributed by atoms with van der Waals surface area (Å²) in [5.74, 6) is -4.33. The van der Waals surface area contributed by atoms with E-state index in [1.54, 1.807) is 0 Å². The second-order valence-corrected chi connectivity index (χ2v) is 12.2. The molecule has 0 radical (unpaired) electrons. The smallest absolute Gasteiger partial charge is 0.338 e. The van der Waals surface area contributed by atoms with Gasteiger partial charge in [0.1, 0.15) is 0 Å². The summed E-state index contributed by atoms with van der Waals surface area (Å²) in [6.45, 7) is 0.505. The molecule has 1 fully saturated rings. The summed E-state index contributed by atoms with van der Waals surface area (Å²) in [4.78, 5) is 13.5. The van der Waals surface area contributed by atoms with E-state index in [9.17, 15) is 27.1 Å². The lowest BCUT2D eigenvalue weighted by molar-refractivity contribution is 0.0690. The van der Waals surface area contributed by atoms with Crippen molar-refractivity contribution in [2.75, 3.05) is 17.2 Å². The van der Waals surface area contributed by atoms with Crippen molar-refractivity contribution in [3.63, 3.8) is 0 Å². The van der Waals surface area contributed by atoms with Gasteiger partial charge in [0.25, 0.3) is 0 Å². The van der Waals surface area contributed by atoms with E-state index in [1.165, 1.54) is 12.1 Å². The number of sulfone groups is 1. The van der Waals surface area contributed by atoms with Gasteiger partial charge >= 0.3 is 5.97 Å². The van der Waals surface area contributed by atoms with Gasteiger partial charge in [0.2, 0.25) is 0 Å². The summed E-state index contributed by atoms with van der Waals surface area (Å²) >= 11 is 6.62. The van der Waals surface area contributed by atoms with Crippen LogP contribution in [0.3, 0.4) is 0 Å². The fraction of sp³-hybridized carbons (Fsp3) is 0.321. The Labute approximate surface area is 219 Å². The minimum atomic E-state index is -3.79.